The summed E-state index contributed by atoms with van der Waals surface area (Å²) >= 11 is 0. The van der Waals surface area contributed by atoms with Gasteiger partial charge in [-0.15, -0.1) is 0 Å². The third-order valence-corrected chi connectivity index (χ3v) is 4.70. The molecule has 23 heavy (non-hydrogen) atoms. The lowest BCUT2D eigenvalue weighted by Gasteiger charge is -2.33. The zero-order valence-corrected chi connectivity index (χ0v) is 13.6. The third-order valence-electron chi connectivity index (χ3n) is 4.70. The predicted molar refractivity (Wildman–Crippen MR) is 90.9 cm³/mol. The summed E-state index contributed by atoms with van der Waals surface area (Å²) in [5.41, 5.74) is 1.24. The number of imidazole rings is 1. The zero-order chi connectivity index (χ0) is 15.9. The Labute approximate surface area is 138 Å². The molecule has 2 heterocycles. The van der Waals surface area contributed by atoms with Crippen molar-refractivity contribution in [3.05, 3.63) is 54.6 Å². The van der Waals surface area contributed by atoms with Crippen LogP contribution in [0, 0.1) is 5.92 Å². The average molecular weight is 311 g/mol. The monoisotopic (exact) mass is 311 g/mol. The number of hydrogen-bond donors (Lipinski definition) is 0. The number of amides is 1. The summed E-state index contributed by atoms with van der Waals surface area (Å²) in [5.74, 6) is 0.924. The molecule has 1 aromatic heterocycles. The average Bonchev–Trinajstić information content (AvgIpc) is 3.12. The van der Waals surface area contributed by atoms with Gasteiger partial charge in [0.2, 0.25) is 5.91 Å². The lowest BCUT2D eigenvalue weighted by molar-refractivity contribution is -0.133. The summed E-state index contributed by atoms with van der Waals surface area (Å²) in [6.07, 6.45) is 10.6. The molecule has 1 aliphatic rings. The highest BCUT2D eigenvalue weighted by molar-refractivity contribution is 5.76. The normalized spacial score (nSPS) is 18.1. The first-order chi connectivity index (χ1) is 11.3. The maximum Gasteiger partial charge on any atom is 0.222 e. The topological polar surface area (TPSA) is 38.1 Å². The maximum atomic E-state index is 12.5. The summed E-state index contributed by atoms with van der Waals surface area (Å²) in [5, 5.41) is 0. The van der Waals surface area contributed by atoms with Crippen LogP contribution in [0.5, 0.6) is 0 Å². The molecule has 1 fully saturated rings. The Bertz CT molecular complexity index is 594. The molecule has 0 saturated carbocycles. The lowest BCUT2D eigenvalue weighted by Crippen LogP contribution is -2.40. The van der Waals surface area contributed by atoms with E-state index in [0.29, 0.717) is 18.2 Å². The van der Waals surface area contributed by atoms with Gasteiger partial charge in [0.05, 0.1) is 6.33 Å². The Balaban J connectivity index is 1.44. The molecule has 1 aromatic carbocycles. The fourth-order valence-corrected chi connectivity index (χ4v) is 3.33. The second-order valence-electron chi connectivity index (χ2n) is 6.42. The molecule has 3 rings (SSSR count). The number of benzene rings is 1. The van der Waals surface area contributed by atoms with Crippen LogP contribution in [0.1, 0.15) is 31.2 Å². The molecule has 0 N–H and O–H groups in total. The van der Waals surface area contributed by atoms with Crippen LogP contribution in [-0.4, -0.2) is 33.4 Å². The molecule has 0 radical (unpaired) electrons. The molecule has 4 heteroatoms. The minimum absolute atomic E-state index is 0.307. The van der Waals surface area contributed by atoms with Crippen LogP contribution in [0.15, 0.2) is 49.1 Å². The summed E-state index contributed by atoms with van der Waals surface area (Å²) in [6, 6.07) is 10.3. The Hall–Kier alpha value is -2.10. The molecule has 1 saturated heterocycles. The van der Waals surface area contributed by atoms with Crippen molar-refractivity contribution in [1.29, 1.82) is 0 Å². The van der Waals surface area contributed by atoms with Crippen LogP contribution in [-0.2, 0) is 17.8 Å². The van der Waals surface area contributed by atoms with Gasteiger partial charge in [-0.25, -0.2) is 4.98 Å². The fourth-order valence-electron chi connectivity index (χ4n) is 3.33. The number of rotatable bonds is 6. The second kappa shape index (κ2) is 7.95. The number of likely N-dealkylation sites (tertiary alicyclic amines) is 1. The number of hydrogen-bond acceptors (Lipinski definition) is 2. The van der Waals surface area contributed by atoms with Gasteiger partial charge in [0.25, 0.3) is 0 Å². The van der Waals surface area contributed by atoms with Crippen LogP contribution < -0.4 is 0 Å². The Morgan fingerprint density at radius 1 is 1.26 bits per heavy atom. The first kappa shape index (κ1) is 15.8. The summed E-state index contributed by atoms with van der Waals surface area (Å²) in [6.45, 7) is 2.84. The van der Waals surface area contributed by atoms with E-state index in [4.69, 9.17) is 0 Å². The van der Waals surface area contributed by atoms with Crippen molar-refractivity contribution in [3.8, 4) is 0 Å². The van der Waals surface area contributed by atoms with Crippen molar-refractivity contribution < 1.29 is 4.79 Å². The molecule has 0 spiro atoms. The minimum Gasteiger partial charge on any atom is -0.342 e. The number of aryl methyl sites for hydroxylation is 2. The Morgan fingerprint density at radius 3 is 2.91 bits per heavy atom. The van der Waals surface area contributed by atoms with Gasteiger partial charge in [-0.05, 0) is 37.2 Å². The highest BCUT2D eigenvalue weighted by Crippen LogP contribution is 2.21. The maximum absolute atomic E-state index is 12.5. The lowest BCUT2D eigenvalue weighted by atomic mass is 9.94. The number of aromatic nitrogens is 2. The van der Waals surface area contributed by atoms with Gasteiger partial charge in [-0.3, -0.25) is 4.79 Å². The predicted octanol–water partition coefficient (Wildman–Crippen LogP) is 3.14. The van der Waals surface area contributed by atoms with Crippen molar-refractivity contribution in [2.45, 2.75) is 38.6 Å². The van der Waals surface area contributed by atoms with Crippen molar-refractivity contribution in [2.75, 3.05) is 13.1 Å². The van der Waals surface area contributed by atoms with Crippen LogP contribution in [0.4, 0.5) is 0 Å². The van der Waals surface area contributed by atoms with E-state index in [0.717, 1.165) is 38.9 Å². The number of nitrogens with zero attached hydrogens (tertiary/aromatic N) is 3. The van der Waals surface area contributed by atoms with Crippen molar-refractivity contribution in [2.24, 2.45) is 5.92 Å². The molecule has 122 valence electrons. The molecule has 1 atom stereocenters. The van der Waals surface area contributed by atoms with Crippen molar-refractivity contribution >= 4 is 5.91 Å². The highest BCUT2D eigenvalue weighted by Gasteiger charge is 2.23. The van der Waals surface area contributed by atoms with Crippen molar-refractivity contribution in [3.63, 3.8) is 0 Å². The molecular weight excluding hydrogens is 286 g/mol. The van der Waals surface area contributed by atoms with Gasteiger partial charge in [-0.1, -0.05) is 30.3 Å². The molecule has 0 aliphatic carbocycles. The zero-order valence-electron chi connectivity index (χ0n) is 13.6. The van der Waals surface area contributed by atoms with Gasteiger partial charge < -0.3 is 9.47 Å². The molecular formula is C19H25N3O. The molecule has 0 bridgehead atoms. The summed E-state index contributed by atoms with van der Waals surface area (Å²) in [4.78, 5) is 18.6. The van der Waals surface area contributed by atoms with E-state index in [1.807, 2.05) is 36.9 Å². The molecule has 1 unspecified atom stereocenters. The Kier molecular flexibility index (Phi) is 5.46. The second-order valence-corrected chi connectivity index (χ2v) is 6.42. The molecule has 2 aromatic rings. The van der Waals surface area contributed by atoms with Crippen LogP contribution in [0.2, 0.25) is 0 Å². The first-order valence-electron chi connectivity index (χ1n) is 8.59. The first-order valence-corrected chi connectivity index (χ1v) is 8.59. The third kappa shape index (κ3) is 4.68. The largest absolute Gasteiger partial charge is 0.342 e. The minimum atomic E-state index is 0.307. The van der Waals surface area contributed by atoms with E-state index in [-0.39, 0.29) is 0 Å². The quantitative estimate of drug-likeness (QED) is 0.822. The van der Waals surface area contributed by atoms with Gasteiger partial charge in [0.1, 0.15) is 0 Å². The number of piperidine rings is 1. The van der Waals surface area contributed by atoms with Gasteiger partial charge in [-0.2, -0.15) is 0 Å². The van der Waals surface area contributed by atoms with Crippen LogP contribution >= 0.6 is 0 Å². The Morgan fingerprint density at radius 2 is 2.13 bits per heavy atom. The summed E-state index contributed by atoms with van der Waals surface area (Å²) < 4.78 is 2.12. The highest BCUT2D eigenvalue weighted by atomic mass is 16.2. The van der Waals surface area contributed by atoms with Crippen molar-refractivity contribution in [1.82, 2.24) is 14.5 Å². The van der Waals surface area contributed by atoms with E-state index in [1.165, 1.54) is 12.0 Å². The van der Waals surface area contributed by atoms with E-state index in [9.17, 15) is 4.79 Å². The van der Waals surface area contributed by atoms with E-state index < -0.39 is 0 Å². The van der Waals surface area contributed by atoms with Gasteiger partial charge in [0, 0.05) is 38.4 Å². The van der Waals surface area contributed by atoms with Gasteiger partial charge >= 0.3 is 0 Å². The smallest absolute Gasteiger partial charge is 0.222 e. The van der Waals surface area contributed by atoms with Crippen LogP contribution in [0.3, 0.4) is 0 Å². The van der Waals surface area contributed by atoms with Gasteiger partial charge in [0.15, 0.2) is 0 Å². The molecule has 1 aliphatic heterocycles. The molecule has 1 amide bonds. The van der Waals surface area contributed by atoms with E-state index in [2.05, 4.69) is 26.6 Å². The fraction of sp³-hybridized carbons (Fsp3) is 0.474. The number of carbonyl (C=O) groups is 1. The standard InChI is InChI=1S/C19H25N3O/c23-19(9-8-17-5-2-1-3-6-17)22-12-4-7-18(15-22)10-13-21-14-11-20-16-21/h1-3,5-6,11,14,16,18H,4,7-10,12-13,15H2. The molecule has 4 nitrogen and oxygen atoms in total. The van der Waals surface area contributed by atoms with E-state index >= 15 is 0 Å². The number of carbonyl (C=O) groups excluding carboxylic acids is 1. The van der Waals surface area contributed by atoms with Crippen LogP contribution in [0.25, 0.3) is 0 Å². The van der Waals surface area contributed by atoms with E-state index in [1.54, 1.807) is 0 Å². The SMILES string of the molecule is O=C(CCc1ccccc1)N1CCCC(CCn2ccnc2)C1. The summed E-state index contributed by atoms with van der Waals surface area (Å²) in [7, 11) is 0.